The van der Waals surface area contributed by atoms with Gasteiger partial charge in [0.25, 0.3) is 0 Å². The highest BCUT2D eigenvalue weighted by molar-refractivity contribution is 5.81. The Morgan fingerprint density at radius 3 is 2.56 bits per heavy atom. The van der Waals surface area contributed by atoms with Crippen molar-refractivity contribution in [1.29, 1.82) is 0 Å². The topological polar surface area (TPSA) is 26.3 Å². The molecule has 0 aromatic heterocycles. The molecule has 0 radical (unpaired) electrons. The third-order valence-electron chi connectivity index (χ3n) is 2.32. The van der Waals surface area contributed by atoms with E-state index in [1.54, 1.807) is 6.08 Å². The molecule has 0 amide bonds. The second-order valence-corrected chi connectivity index (χ2v) is 3.88. The molecule has 0 aliphatic heterocycles. The molecule has 0 saturated heterocycles. The molecule has 0 unspecified atom stereocenters. The first-order valence-electron chi connectivity index (χ1n) is 6.25. The van der Waals surface area contributed by atoms with Crippen molar-refractivity contribution < 1.29 is 9.53 Å². The van der Waals surface area contributed by atoms with Crippen LogP contribution in [-0.2, 0) is 9.53 Å². The fourth-order valence-electron chi connectivity index (χ4n) is 1.41. The number of carbonyl (C=O) groups is 1. The highest BCUT2D eigenvalue weighted by Gasteiger charge is 1.93. The Labute approximate surface area is 99.4 Å². The van der Waals surface area contributed by atoms with E-state index >= 15 is 0 Å². The molecule has 0 aromatic rings. The van der Waals surface area contributed by atoms with Gasteiger partial charge in [-0.25, -0.2) is 4.79 Å². The van der Waals surface area contributed by atoms with E-state index in [0.29, 0.717) is 6.61 Å². The van der Waals surface area contributed by atoms with Gasteiger partial charge in [-0.15, -0.1) is 0 Å². The Morgan fingerprint density at radius 1 is 1.19 bits per heavy atom. The maximum Gasteiger partial charge on any atom is 0.330 e. The van der Waals surface area contributed by atoms with E-state index in [-0.39, 0.29) is 5.97 Å². The lowest BCUT2D eigenvalue weighted by Gasteiger charge is -1.98. The fraction of sp³-hybridized carbons (Fsp3) is 0.643. The van der Waals surface area contributed by atoms with Gasteiger partial charge in [-0.05, 0) is 12.8 Å². The molecule has 0 saturated carbocycles. The molecule has 2 nitrogen and oxygen atoms in total. The van der Waals surface area contributed by atoms with Crippen molar-refractivity contribution >= 4 is 5.97 Å². The lowest BCUT2D eigenvalue weighted by Crippen LogP contribution is -1.99. The van der Waals surface area contributed by atoms with Gasteiger partial charge in [0.2, 0.25) is 0 Å². The molecule has 0 N–H and O–H groups in total. The Kier molecular flexibility index (Phi) is 11.2. The molecule has 16 heavy (non-hydrogen) atoms. The van der Waals surface area contributed by atoms with Crippen LogP contribution >= 0.6 is 0 Å². The lowest BCUT2D eigenvalue weighted by atomic mass is 10.1. The van der Waals surface area contributed by atoms with Crippen LogP contribution in [0.3, 0.4) is 0 Å². The summed E-state index contributed by atoms with van der Waals surface area (Å²) in [5.74, 6) is -0.272. The molecule has 0 fully saturated rings. The molecular weight excluding hydrogens is 200 g/mol. The monoisotopic (exact) mass is 224 g/mol. The third kappa shape index (κ3) is 11.0. The van der Waals surface area contributed by atoms with Gasteiger partial charge in [-0.2, -0.15) is 0 Å². The van der Waals surface area contributed by atoms with E-state index in [1.807, 2.05) is 6.08 Å². The summed E-state index contributed by atoms with van der Waals surface area (Å²) in [4.78, 5) is 11.0. The smallest absolute Gasteiger partial charge is 0.330 e. The van der Waals surface area contributed by atoms with Gasteiger partial charge >= 0.3 is 5.97 Å². The molecule has 2 heteroatoms. The molecular formula is C14H24O2. The number of esters is 1. The van der Waals surface area contributed by atoms with Crippen molar-refractivity contribution in [3.05, 3.63) is 24.8 Å². The van der Waals surface area contributed by atoms with E-state index < -0.39 is 0 Å². The molecule has 92 valence electrons. The van der Waals surface area contributed by atoms with Gasteiger partial charge in [0, 0.05) is 6.08 Å². The molecule has 0 aliphatic rings. The normalized spacial score (nSPS) is 10.6. The standard InChI is InChI=1S/C14H24O2/c1-3-5-6-7-8-9-10-11-12-14(15)16-13-4-2/h4,11-12H,2-3,5-10,13H2,1H3/b12-11+. The average molecular weight is 224 g/mol. The Morgan fingerprint density at radius 2 is 1.88 bits per heavy atom. The number of ether oxygens (including phenoxy) is 1. The molecule has 0 bridgehead atoms. The Hall–Kier alpha value is -1.05. The van der Waals surface area contributed by atoms with Crippen LogP contribution in [-0.4, -0.2) is 12.6 Å². The largest absolute Gasteiger partial charge is 0.458 e. The molecule has 0 rings (SSSR count). The summed E-state index contributed by atoms with van der Waals surface area (Å²) in [7, 11) is 0. The molecule has 0 aromatic carbocycles. The zero-order chi connectivity index (χ0) is 12.1. The first-order valence-corrected chi connectivity index (χ1v) is 6.25. The van der Waals surface area contributed by atoms with Crippen molar-refractivity contribution in [3.63, 3.8) is 0 Å². The Bertz CT molecular complexity index is 207. The summed E-state index contributed by atoms with van der Waals surface area (Å²) in [6.07, 6.45) is 13.6. The van der Waals surface area contributed by atoms with Crippen LogP contribution in [0.4, 0.5) is 0 Å². The zero-order valence-electron chi connectivity index (χ0n) is 10.4. The van der Waals surface area contributed by atoms with Crippen LogP contribution < -0.4 is 0 Å². The number of carbonyl (C=O) groups excluding carboxylic acids is 1. The zero-order valence-corrected chi connectivity index (χ0v) is 10.4. The SMILES string of the molecule is C=CCOC(=O)/C=C/CCCCCCCC. The number of hydrogen-bond donors (Lipinski definition) is 0. The Balaban J connectivity index is 3.26. The first kappa shape index (κ1) is 14.9. The van der Waals surface area contributed by atoms with Gasteiger partial charge in [0.1, 0.15) is 6.61 Å². The van der Waals surface area contributed by atoms with Gasteiger partial charge in [-0.3, -0.25) is 0 Å². The van der Waals surface area contributed by atoms with Gasteiger partial charge in [0.05, 0.1) is 0 Å². The summed E-state index contributed by atoms with van der Waals surface area (Å²) < 4.78 is 4.81. The molecule has 0 aliphatic carbocycles. The van der Waals surface area contributed by atoms with Crippen molar-refractivity contribution in [2.45, 2.75) is 51.9 Å². The second kappa shape index (κ2) is 12.0. The van der Waals surface area contributed by atoms with Gasteiger partial charge in [-0.1, -0.05) is 57.8 Å². The van der Waals surface area contributed by atoms with Crippen LogP contribution in [0.1, 0.15) is 51.9 Å². The fourth-order valence-corrected chi connectivity index (χ4v) is 1.41. The summed E-state index contributed by atoms with van der Waals surface area (Å²) in [5, 5.41) is 0. The minimum absolute atomic E-state index is 0.272. The van der Waals surface area contributed by atoms with Crippen LogP contribution in [0.2, 0.25) is 0 Å². The van der Waals surface area contributed by atoms with Crippen LogP contribution in [0.25, 0.3) is 0 Å². The number of hydrogen-bond acceptors (Lipinski definition) is 2. The van der Waals surface area contributed by atoms with Crippen molar-refractivity contribution in [2.24, 2.45) is 0 Å². The van der Waals surface area contributed by atoms with Crippen LogP contribution in [0.15, 0.2) is 24.8 Å². The van der Waals surface area contributed by atoms with Crippen molar-refractivity contribution in [2.75, 3.05) is 6.61 Å². The maximum absolute atomic E-state index is 11.0. The predicted octanol–water partition coefficient (Wildman–Crippen LogP) is 4.02. The second-order valence-electron chi connectivity index (χ2n) is 3.88. The molecule has 0 spiro atoms. The number of allylic oxidation sites excluding steroid dienone is 1. The number of rotatable bonds is 10. The van der Waals surface area contributed by atoms with Crippen LogP contribution in [0.5, 0.6) is 0 Å². The summed E-state index contributed by atoms with van der Waals surface area (Å²) in [6, 6.07) is 0. The minimum atomic E-state index is -0.272. The highest BCUT2D eigenvalue weighted by Crippen LogP contribution is 2.07. The third-order valence-corrected chi connectivity index (χ3v) is 2.32. The van der Waals surface area contributed by atoms with E-state index in [1.165, 1.54) is 38.2 Å². The summed E-state index contributed by atoms with van der Waals surface area (Å²) >= 11 is 0. The van der Waals surface area contributed by atoms with Gasteiger partial charge < -0.3 is 4.74 Å². The van der Waals surface area contributed by atoms with Crippen LogP contribution in [0, 0.1) is 0 Å². The quantitative estimate of drug-likeness (QED) is 0.242. The van der Waals surface area contributed by atoms with E-state index in [9.17, 15) is 4.79 Å². The van der Waals surface area contributed by atoms with Crippen molar-refractivity contribution in [1.82, 2.24) is 0 Å². The summed E-state index contributed by atoms with van der Waals surface area (Å²) in [5.41, 5.74) is 0. The predicted molar refractivity (Wildman–Crippen MR) is 68.3 cm³/mol. The first-order chi connectivity index (χ1) is 7.81. The van der Waals surface area contributed by atoms with E-state index in [2.05, 4.69) is 13.5 Å². The van der Waals surface area contributed by atoms with E-state index in [0.717, 1.165) is 12.8 Å². The molecule has 0 heterocycles. The summed E-state index contributed by atoms with van der Waals surface area (Å²) in [6.45, 7) is 5.99. The average Bonchev–Trinajstić information content (AvgIpc) is 2.30. The van der Waals surface area contributed by atoms with Gasteiger partial charge in [0.15, 0.2) is 0 Å². The maximum atomic E-state index is 11.0. The lowest BCUT2D eigenvalue weighted by molar-refractivity contribution is -0.136. The van der Waals surface area contributed by atoms with E-state index in [4.69, 9.17) is 4.74 Å². The minimum Gasteiger partial charge on any atom is -0.458 e. The highest BCUT2D eigenvalue weighted by atomic mass is 16.5. The number of unbranched alkanes of at least 4 members (excludes halogenated alkanes) is 6. The molecule has 0 atom stereocenters. The van der Waals surface area contributed by atoms with Crippen molar-refractivity contribution in [3.8, 4) is 0 Å².